The molecule has 7 aromatic rings. The van der Waals surface area contributed by atoms with Gasteiger partial charge in [0.05, 0.1) is 20.9 Å². The number of anilines is 5. The predicted octanol–water partition coefficient (Wildman–Crippen LogP) is 15.7. The van der Waals surface area contributed by atoms with Gasteiger partial charge in [0, 0.05) is 34.7 Å². The highest BCUT2D eigenvalue weighted by Crippen LogP contribution is 2.52. The molecule has 6 aromatic carbocycles. The van der Waals surface area contributed by atoms with E-state index >= 15 is 0 Å². The van der Waals surface area contributed by atoms with Gasteiger partial charge < -0.3 is 14.2 Å². The average molecular weight is 904 g/mol. The smallest absolute Gasteiger partial charge is 0.297 e. The summed E-state index contributed by atoms with van der Waals surface area (Å²) >= 11 is 0. The second-order valence-electron chi connectivity index (χ2n) is 25.5. The molecule has 4 heteroatoms. The zero-order chi connectivity index (χ0) is 54.3. The van der Waals surface area contributed by atoms with Gasteiger partial charge in [0.1, 0.15) is 5.58 Å². The molecule has 4 aliphatic rings. The maximum atomic E-state index is 9.91. The standard InChI is InChI=1S/C64H73BN2O/c1-39-31-53-56-54(32-39)67(44-24-21-42(22-25-44)59(2,3)4)57-46-34-43(60(5,6)7)23-26-55(46)68-58(57)65(56)51-36-49-50(64(14,15)30-29-63(49,12)13)37-52(51)66(53)38-41-33-47-48(62(10,11)28-27-61(47,8)9)35-45(41)40-19-17-16-18-20-40/h16-26,31-37H,27-30,38H2,1-15H3/i16D,17D,18D,19D,20D,24D,25D. The summed E-state index contributed by atoms with van der Waals surface area (Å²) in [5.41, 5.74) is 16.6. The first-order chi connectivity index (χ1) is 34.7. The monoisotopic (exact) mass is 904 g/mol. The predicted molar refractivity (Wildman–Crippen MR) is 292 cm³/mol. The molecular weight excluding hydrogens is 824 g/mol. The zero-order valence-corrected chi connectivity index (χ0v) is 43.3. The van der Waals surface area contributed by atoms with Crippen molar-refractivity contribution in [2.45, 2.75) is 169 Å². The van der Waals surface area contributed by atoms with Crippen LogP contribution < -0.4 is 26.4 Å². The molecule has 348 valence electrons. The van der Waals surface area contributed by atoms with Crippen molar-refractivity contribution in [3.05, 3.63) is 154 Å². The van der Waals surface area contributed by atoms with Gasteiger partial charge >= 0.3 is 0 Å². The first-order valence-electron chi connectivity index (χ1n) is 28.6. The van der Waals surface area contributed by atoms with Crippen molar-refractivity contribution < 1.29 is 14.0 Å². The molecule has 0 bridgehead atoms. The van der Waals surface area contributed by atoms with E-state index < -0.39 is 6.04 Å². The molecule has 0 spiro atoms. The summed E-state index contributed by atoms with van der Waals surface area (Å²) in [6.45, 7) is 33.8. The van der Waals surface area contributed by atoms with Crippen molar-refractivity contribution in [1.29, 1.82) is 0 Å². The minimum atomic E-state index is -0.406. The lowest BCUT2D eigenvalue weighted by Gasteiger charge is -2.47. The van der Waals surface area contributed by atoms with Crippen molar-refractivity contribution in [1.82, 2.24) is 0 Å². The molecule has 1 aromatic heterocycles. The van der Waals surface area contributed by atoms with Crippen LogP contribution in [0, 0.1) is 6.92 Å². The number of rotatable bonds is 4. The third kappa shape index (κ3) is 6.96. The summed E-state index contributed by atoms with van der Waals surface area (Å²) < 4.78 is 72.6. The Hall–Kier alpha value is -5.48. The fourth-order valence-corrected chi connectivity index (χ4v) is 12.1. The van der Waals surface area contributed by atoms with Gasteiger partial charge in [0.2, 0.25) is 0 Å². The quantitative estimate of drug-likeness (QED) is 0.164. The van der Waals surface area contributed by atoms with Crippen LogP contribution in [0.25, 0.3) is 22.1 Å². The molecule has 11 rings (SSSR count). The molecule has 0 fully saturated rings. The summed E-state index contributed by atoms with van der Waals surface area (Å²) in [7, 11) is 0. The third-order valence-corrected chi connectivity index (χ3v) is 16.7. The van der Waals surface area contributed by atoms with Crippen LogP contribution in [-0.2, 0) is 39.0 Å². The van der Waals surface area contributed by atoms with Gasteiger partial charge in [-0.15, -0.1) is 0 Å². The molecule has 0 radical (unpaired) electrons. The Labute approximate surface area is 418 Å². The Bertz CT molecular complexity index is 3570. The molecule has 2 aliphatic carbocycles. The minimum Gasteiger partial charge on any atom is -0.468 e. The largest absolute Gasteiger partial charge is 0.468 e. The fraction of sp³-hybridized carbons (Fsp3) is 0.406. The zero-order valence-electron chi connectivity index (χ0n) is 50.3. The number of fused-ring (bicyclic) bond motifs is 8. The van der Waals surface area contributed by atoms with E-state index in [0.717, 1.165) is 104 Å². The van der Waals surface area contributed by atoms with E-state index in [9.17, 15) is 5.48 Å². The fourth-order valence-electron chi connectivity index (χ4n) is 12.1. The third-order valence-electron chi connectivity index (χ3n) is 16.7. The maximum absolute atomic E-state index is 9.91. The molecule has 2 aliphatic heterocycles. The SMILES string of the molecule is [2H]c1cc(C(C)(C)C)cc([2H])c1N1c2cc(C)cc3c2B(c2cc4c(cc2N3Cc2cc3c(cc2-c2c([2H])c([2H])c([2H])c([2H])c2[2H])C(C)(C)CCC3(C)C)C(C)(C)CCC4(C)C)c2oc3ccc(C(C)(C)C)cc3c21. The highest BCUT2D eigenvalue weighted by Gasteiger charge is 2.49. The van der Waals surface area contributed by atoms with Crippen LogP contribution in [-0.4, -0.2) is 6.71 Å². The number of furan rings is 1. The highest BCUT2D eigenvalue weighted by molar-refractivity contribution is 6.99. The van der Waals surface area contributed by atoms with Crippen LogP contribution in [0.2, 0.25) is 0 Å². The van der Waals surface area contributed by atoms with Crippen molar-refractivity contribution >= 4 is 62.7 Å². The molecule has 68 heavy (non-hydrogen) atoms. The van der Waals surface area contributed by atoms with Gasteiger partial charge in [-0.05, 0) is 180 Å². The molecule has 0 unspecified atom stereocenters. The van der Waals surface area contributed by atoms with E-state index in [1.165, 1.54) is 16.7 Å². The Morgan fingerprint density at radius 2 is 1.16 bits per heavy atom. The molecule has 3 heterocycles. The molecule has 0 saturated carbocycles. The van der Waals surface area contributed by atoms with Crippen molar-refractivity contribution in [2.75, 3.05) is 9.80 Å². The second-order valence-corrected chi connectivity index (χ2v) is 25.5. The minimum absolute atomic E-state index is 0.125. The molecular formula is C64H73BN2O. The topological polar surface area (TPSA) is 19.6 Å². The van der Waals surface area contributed by atoms with Crippen LogP contribution in [0.4, 0.5) is 28.4 Å². The molecule has 0 amide bonds. The van der Waals surface area contributed by atoms with Gasteiger partial charge in [-0.3, -0.25) is 0 Å². The van der Waals surface area contributed by atoms with Gasteiger partial charge in [0.25, 0.3) is 6.71 Å². The lowest BCUT2D eigenvalue weighted by Crippen LogP contribution is -2.61. The van der Waals surface area contributed by atoms with E-state index in [0.29, 0.717) is 17.8 Å². The maximum Gasteiger partial charge on any atom is 0.297 e. The Morgan fingerprint density at radius 3 is 1.76 bits per heavy atom. The van der Waals surface area contributed by atoms with Crippen LogP contribution in [0.15, 0.2) is 113 Å². The average Bonchev–Trinajstić information content (AvgIpc) is 3.77. The van der Waals surface area contributed by atoms with Crippen molar-refractivity contribution in [2.24, 2.45) is 0 Å². The Morgan fingerprint density at radius 1 is 0.603 bits per heavy atom. The van der Waals surface area contributed by atoms with Gasteiger partial charge in [-0.2, -0.15) is 0 Å². The lowest BCUT2D eigenvalue weighted by molar-refractivity contribution is 0.331. The number of aryl methyl sites for hydroxylation is 1. The Balaban J connectivity index is 1.27. The van der Waals surface area contributed by atoms with E-state index in [-0.39, 0.29) is 81.0 Å². The van der Waals surface area contributed by atoms with Gasteiger partial charge in [-0.25, -0.2) is 0 Å². The summed E-state index contributed by atoms with van der Waals surface area (Å²) in [6.07, 6.45) is 4.00. The molecule has 0 atom stereocenters. The number of benzene rings is 6. The normalized spacial score (nSPS) is 19.9. The van der Waals surface area contributed by atoms with Gasteiger partial charge in [0.15, 0.2) is 0 Å². The summed E-state index contributed by atoms with van der Waals surface area (Å²) in [5, 5.41) is 0.941. The van der Waals surface area contributed by atoms with E-state index in [4.69, 9.17) is 8.53 Å². The van der Waals surface area contributed by atoms with E-state index in [2.05, 4.69) is 168 Å². The Kier molecular flexibility index (Phi) is 8.13. The van der Waals surface area contributed by atoms with Gasteiger partial charge in [-0.1, -0.05) is 157 Å². The summed E-state index contributed by atoms with van der Waals surface area (Å²) in [4.78, 5) is 4.61. The summed E-state index contributed by atoms with van der Waals surface area (Å²) in [6, 6.07) is 23.3. The van der Waals surface area contributed by atoms with Crippen LogP contribution in [0.1, 0.15) is 177 Å². The molecule has 0 N–H and O–H groups in total. The lowest BCUT2D eigenvalue weighted by atomic mass is 9.35. The second kappa shape index (κ2) is 14.8. The van der Waals surface area contributed by atoms with Crippen molar-refractivity contribution in [3.63, 3.8) is 0 Å². The molecule has 0 saturated heterocycles. The highest BCUT2D eigenvalue weighted by atomic mass is 16.3. The van der Waals surface area contributed by atoms with Crippen molar-refractivity contribution in [3.8, 4) is 11.1 Å². The van der Waals surface area contributed by atoms with Crippen LogP contribution in [0.3, 0.4) is 0 Å². The number of hydrogen-bond donors (Lipinski definition) is 0. The first kappa shape index (κ1) is 37.4. The van der Waals surface area contributed by atoms with Crippen LogP contribution >= 0.6 is 0 Å². The van der Waals surface area contributed by atoms with Crippen LogP contribution in [0.5, 0.6) is 0 Å². The number of hydrogen-bond acceptors (Lipinski definition) is 3. The van der Waals surface area contributed by atoms with E-state index in [1.807, 2.05) is 12.1 Å². The summed E-state index contributed by atoms with van der Waals surface area (Å²) in [5.74, 6) is 0. The molecule has 3 nitrogen and oxygen atoms in total. The first-order valence-corrected chi connectivity index (χ1v) is 25.1. The van der Waals surface area contributed by atoms with E-state index in [1.54, 1.807) is 0 Å². The number of nitrogens with zero attached hydrogens (tertiary/aromatic N) is 2.